The van der Waals surface area contributed by atoms with Crippen molar-refractivity contribution in [3.63, 3.8) is 0 Å². The molecule has 0 saturated heterocycles. The average Bonchev–Trinajstić information content (AvgIpc) is 2.36. The molecule has 0 bridgehead atoms. The van der Waals surface area contributed by atoms with Crippen LogP contribution >= 0.6 is 0 Å². The van der Waals surface area contributed by atoms with Crippen LogP contribution in [0, 0.1) is 5.92 Å². The van der Waals surface area contributed by atoms with Gasteiger partial charge in [-0.1, -0.05) is 37.2 Å². The molecule has 0 radical (unpaired) electrons. The van der Waals surface area contributed by atoms with Crippen molar-refractivity contribution in [2.24, 2.45) is 16.8 Å². The third kappa shape index (κ3) is 4.24. The molecule has 0 aliphatic heterocycles. The third-order valence-electron chi connectivity index (χ3n) is 3.35. The number of rotatable bonds is 5. The molecule has 2 atom stereocenters. The van der Waals surface area contributed by atoms with E-state index in [4.69, 9.17) is 11.3 Å². The molecular weight excluding hydrogens is 220 g/mol. The van der Waals surface area contributed by atoms with Crippen molar-refractivity contribution < 1.29 is 9.53 Å². The second kappa shape index (κ2) is 7.14. The van der Waals surface area contributed by atoms with Gasteiger partial charge in [0.2, 0.25) is 0 Å². The van der Waals surface area contributed by atoms with E-state index in [9.17, 15) is 4.79 Å². The molecule has 17 heavy (non-hydrogen) atoms. The SMILES string of the molecule is COC(=O)[C@@H](N=[N+]=[N-])[C@@H](N)CC1CCCCC1. The van der Waals surface area contributed by atoms with Gasteiger partial charge in [-0.05, 0) is 17.9 Å². The number of hydrogen-bond donors (Lipinski definition) is 1. The van der Waals surface area contributed by atoms with Gasteiger partial charge in [0.1, 0.15) is 6.04 Å². The number of ether oxygens (including phenoxy) is 1. The Kier molecular flexibility index (Phi) is 5.80. The van der Waals surface area contributed by atoms with Crippen LogP contribution in [-0.2, 0) is 9.53 Å². The highest BCUT2D eigenvalue weighted by Gasteiger charge is 2.28. The number of azide groups is 1. The van der Waals surface area contributed by atoms with E-state index in [-0.39, 0.29) is 0 Å². The van der Waals surface area contributed by atoms with Crippen LogP contribution in [0.15, 0.2) is 5.11 Å². The molecule has 0 aromatic heterocycles. The van der Waals surface area contributed by atoms with Crippen molar-refractivity contribution in [3.8, 4) is 0 Å². The smallest absolute Gasteiger partial charge is 0.316 e. The predicted octanol–water partition coefficient (Wildman–Crippen LogP) is 2.14. The molecule has 1 fully saturated rings. The van der Waals surface area contributed by atoms with Crippen molar-refractivity contribution in [2.45, 2.75) is 50.6 Å². The van der Waals surface area contributed by atoms with Gasteiger partial charge >= 0.3 is 5.97 Å². The van der Waals surface area contributed by atoms with Crippen molar-refractivity contribution in [2.75, 3.05) is 7.11 Å². The largest absolute Gasteiger partial charge is 0.469 e. The van der Waals surface area contributed by atoms with Gasteiger partial charge in [-0.2, -0.15) is 0 Å². The number of methoxy groups -OCH3 is 1. The quantitative estimate of drug-likeness (QED) is 0.344. The second-order valence-corrected chi connectivity index (χ2v) is 4.58. The van der Waals surface area contributed by atoms with Crippen molar-refractivity contribution in [3.05, 3.63) is 10.4 Å². The van der Waals surface area contributed by atoms with Gasteiger partial charge in [0, 0.05) is 11.0 Å². The molecule has 6 nitrogen and oxygen atoms in total. The summed E-state index contributed by atoms with van der Waals surface area (Å²) in [5.74, 6) is -0.00842. The molecule has 0 spiro atoms. The first-order valence-corrected chi connectivity index (χ1v) is 6.06. The Morgan fingerprint density at radius 2 is 2.18 bits per heavy atom. The molecule has 0 heterocycles. The van der Waals surface area contributed by atoms with E-state index in [2.05, 4.69) is 14.8 Å². The fourth-order valence-electron chi connectivity index (χ4n) is 2.42. The number of carbonyl (C=O) groups is 1. The Labute approximate surface area is 101 Å². The minimum atomic E-state index is -0.896. The van der Waals surface area contributed by atoms with Gasteiger partial charge in [-0.3, -0.25) is 4.79 Å². The molecule has 6 heteroatoms. The van der Waals surface area contributed by atoms with Crippen LogP contribution in [0.25, 0.3) is 10.4 Å². The predicted molar refractivity (Wildman–Crippen MR) is 64.1 cm³/mol. The molecule has 0 aromatic carbocycles. The average molecular weight is 240 g/mol. The maximum absolute atomic E-state index is 11.4. The lowest BCUT2D eigenvalue weighted by Gasteiger charge is -2.26. The topological polar surface area (TPSA) is 101 Å². The van der Waals surface area contributed by atoms with Crippen LogP contribution in [0.3, 0.4) is 0 Å². The summed E-state index contributed by atoms with van der Waals surface area (Å²) >= 11 is 0. The summed E-state index contributed by atoms with van der Waals surface area (Å²) in [4.78, 5) is 14.1. The molecule has 1 saturated carbocycles. The minimum Gasteiger partial charge on any atom is -0.469 e. The number of carbonyl (C=O) groups excluding carboxylic acids is 1. The zero-order valence-electron chi connectivity index (χ0n) is 10.2. The molecule has 1 aliphatic rings. The summed E-state index contributed by atoms with van der Waals surface area (Å²) in [5, 5.41) is 3.44. The summed E-state index contributed by atoms with van der Waals surface area (Å²) in [5.41, 5.74) is 14.4. The Morgan fingerprint density at radius 1 is 1.53 bits per heavy atom. The second-order valence-electron chi connectivity index (χ2n) is 4.58. The standard InChI is InChI=1S/C11H20N4O2/c1-17-11(16)10(14-15-13)9(12)7-8-5-3-2-4-6-8/h8-10H,2-7,12H2,1H3/t9-,10-/m0/s1. The summed E-state index contributed by atoms with van der Waals surface area (Å²) in [6.07, 6.45) is 6.75. The molecule has 1 aliphatic carbocycles. The van der Waals surface area contributed by atoms with Crippen LogP contribution in [0.1, 0.15) is 38.5 Å². The van der Waals surface area contributed by atoms with Gasteiger partial charge in [0.15, 0.2) is 0 Å². The monoisotopic (exact) mass is 240 g/mol. The van der Waals surface area contributed by atoms with E-state index in [0.29, 0.717) is 5.92 Å². The maximum Gasteiger partial charge on any atom is 0.316 e. The van der Waals surface area contributed by atoms with Gasteiger partial charge in [-0.25, -0.2) is 0 Å². The van der Waals surface area contributed by atoms with E-state index >= 15 is 0 Å². The number of nitrogens with zero attached hydrogens (tertiary/aromatic N) is 3. The normalized spacial score (nSPS) is 20.1. The van der Waals surface area contributed by atoms with Gasteiger partial charge in [0.25, 0.3) is 0 Å². The summed E-state index contributed by atoms with van der Waals surface area (Å²) in [6, 6.07) is -1.34. The van der Waals surface area contributed by atoms with Gasteiger partial charge < -0.3 is 10.5 Å². The van der Waals surface area contributed by atoms with Gasteiger partial charge in [-0.15, -0.1) is 0 Å². The molecule has 96 valence electrons. The van der Waals surface area contributed by atoms with Gasteiger partial charge in [0.05, 0.1) is 7.11 Å². The third-order valence-corrected chi connectivity index (χ3v) is 3.35. The van der Waals surface area contributed by atoms with E-state index in [0.717, 1.165) is 19.3 Å². The Bertz CT molecular complexity index is 296. The fraction of sp³-hybridized carbons (Fsp3) is 0.909. The van der Waals surface area contributed by atoms with Crippen LogP contribution in [0.2, 0.25) is 0 Å². The highest BCUT2D eigenvalue weighted by Crippen LogP contribution is 2.27. The first-order chi connectivity index (χ1) is 8.19. The number of esters is 1. The number of nitrogens with two attached hydrogens (primary N) is 1. The fourth-order valence-corrected chi connectivity index (χ4v) is 2.42. The lowest BCUT2D eigenvalue weighted by Crippen LogP contribution is -2.41. The minimum absolute atomic E-state index is 0.443. The first kappa shape index (κ1) is 13.8. The lowest BCUT2D eigenvalue weighted by atomic mass is 9.83. The van der Waals surface area contributed by atoms with Crippen molar-refractivity contribution in [1.82, 2.24) is 0 Å². The first-order valence-electron chi connectivity index (χ1n) is 6.06. The van der Waals surface area contributed by atoms with E-state index in [1.807, 2.05) is 0 Å². The van der Waals surface area contributed by atoms with E-state index in [1.165, 1.54) is 26.4 Å². The van der Waals surface area contributed by atoms with Crippen LogP contribution in [0.4, 0.5) is 0 Å². The van der Waals surface area contributed by atoms with Crippen LogP contribution in [0.5, 0.6) is 0 Å². The molecular formula is C11H20N4O2. The lowest BCUT2D eigenvalue weighted by molar-refractivity contribution is -0.142. The van der Waals surface area contributed by atoms with Crippen molar-refractivity contribution >= 4 is 5.97 Å². The Balaban J connectivity index is 2.54. The van der Waals surface area contributed by atoms with E-state index in [1.54, 1.807) is 0 Å². The summed E-state index contributed by atoms with van der Waals surface area (Å²) in [6.45, 7) is 0. The Hall–Kier alpha value is -1.26. The number of hydrogen-bond acceptors (Lipinski definition) is 4. The zero-order chi connectivity index (χ0) is 12.7. The van der Waals surface area contributed by atoms with Crippen molar-refractivity contribution in [1.29, 1.82) is 0 Å². The maximum atomic E-state index is 11.4. The highest BCUT2D eigenvalue weighted by molar-refractivity contribution is 5.76. The molecule has 0 aromatic rings. The molecule has 1 rings (SSSR count). The van der Waals surface area contributed by atoms with Crippen LogP contribution < -0.4 is 5.73 Å². The summed E-state index contributed by atoms with van der Waals surface area (Å²) < 4.78 is 4.59. The van der Waals surface area contributed by atoms with E-state index < -0.39 is 18.1 Å². The zero-order valence-corrected chi connectivity index (χ0v) is 10.2. The molecule has 0 unspecified atom stereocenters. The Morgan fingerprint density at radius 3 is 2.71 bits per heavy atom. The highest BCUT2D eigenvalue weighted by atomic mass is 16.5. The molecule has 0 amide bonds. The molecule has 2 N–H and O–H groups in total. The summed E-state index contributed by atoms with van der Waals surface area (Å²) in [7, 11) is 1.27. The van der Waals surface area contributed by atoms with Crippen LogP contribution in [-0.4, -0.2) is 25.2 Å².